The summed E-state index contributed by atoms with van der Waals surface area (Å²) in [5, 5.41) is 12.1. The average molecular weight is 465 g/mol. The van der Waals surface area contributed by atoms with Gasteiger partial charge in [0.15, 0.2) is 0 Å². The predicted molar refractivity (Wildman–Crippen MR) is 128 cm³/mol. The summed E-state index contributed by atoms with van der Waals surface area (Å²) in [6, 6.07) is 16.0. The number of carboxylic acid groups (broad SMARTS) is 1. The maximum Gasteiger partial charge on any atom is 0.407 e. The predicted octanol–water partition coefficient (Wildman–Crippen LogP) is 4.41. The molecular weight excluding hydrogens is 432 g/mol. The Morgan fingerprint density at radius 2 is 1.68 bits per heavy atom. The third-order valence-electron chi connectivity index (χ3n) is 6.94. The lowest BCUT2D eigenvalue weighted by Gasteiger charge is -2.45. The van der Waals surface area contributed by atoms with E-state index in [-0.39, 0.29) is 44.0 Å². The highest BCUT2D eigenvalue weighted by atomic mass is 16.5. The van der Waals surface area contributed by atoms with E-state index in [1.165, 1.54) is 11.1 Å². The van der Waals surface area contributed by atoms with Gasteiger partial charge in [-0.1, -0.05) is 68.3 Å². The summed E-state index contributed by atoms with van der Waals surface area (Å²) in [7, 11) is 0. The first-order chi connectivity index (χ1) is 16.3. The molecule has 1 saturated heterocycles. The molecular formula is C27H32N2O5. The number of aliphatic carboxylic acids is 1. The first-order valence-electron chi connectivity index (χ1n) is 11.9. The van der Waals surface area contributed by atoms with Crippen LogP contribution in [-0.4, -0.2) is 53.7 Å². The average Bonchev–Trinajstić information content (AvgIpc) is 3.12. The lowest BCUT2D eigenvalue weighted by Crippen LogP contribution is -2.61. The van der Waals surface area contributed by atoms with Gasteiger partial charge in [-0.3, -0.25) is 9.59 Å². The molecule has 1 heterocycles. The Morgan fingerprint density at radius 3 is 2.24 bits per heavy atom. The van der Waals surface area contributed by atoms with Crippen LogP contribution in [0.25, 0.3) is 11.1 Å². The van der Waals surface area contributed by atoms with Crippen molar-refractivity contribution in [3.63, 3.8) is 0 Å². The van der Waals surface area contributed by atoms with Gasteiger partial charge in [0.05, 0.1) is 5.41 Å². The van der Waals surface area contributed by atoms with Crippen LogP contribution in [0, 0.1) is 5.41 Å². The fourth-order valence-corrected chi connectivity index (χ4v) is 4.93. The zero-order chi connectivity index (χ0) is 24.3. The van der Waals surface area contributed by atoms with Crippen molar-refractivity contribution in [2.45, 2.75) is 51.5 Å². The topological polar surface area (TPSA) is 95.9 Å². The zero-order valence-corrected chi connectivity index (χ0v) is 19.8. The Labute approximate surface area is 200 Å². The number of nitrogens with one attached hydrogen (secondary N) is 1. The van der Waals surface area contributed by atoms with E-state index in [4.69, 9.17) is 4.74 Å². The molecule has 0 unspecified atom stereocenters. The van der Waals surface area contributed by atoms with E-state index in [1.54, 1.807) is 11.8 Å². The number of alkyl carbamates (subject to hydrolysis) is 1. The summed E-state index contributed by atoms with van der Waals surface area (Å²) >= 11 is 0. The first kappa shape index (κ1) is 23.8. The molecule has 1 aliphatic heterocycles. The number of carbonyl (C=O) groups is 3. The molecule has 2 amide bonds. The van der Waals surface area contributed by atoms with Crippen molar-refractivity contribution in [3.8, 4) is 11.1 Å². The molecule has 0 bridgehead atoms. The number of carboxylic acids is 1. The first-order valence-corrected chi connectivity index (χ1v) is 11.9. The quantitative estimate of drug-likeness (QED) is 0.573. The standard InChI is InChI=1S/C27H32N2O5/c1-3-4-9-18(14-24(30)29-16-27(2,17-29)25(31)32)28-26(33)34-15-23-21-12-7-5-10-19(21)20-11-6-8-13-22(20)23/h5-8,10-13,18,23H,3-4,9,14-17H2,1-2H3,(H,28,33)(H,31,32)/t18-/m1/s1. The number of benzene rings is 2. The van der Waals surface area contributed by atoms with Gasteiger partial charge in [-0.05, 0) is 35.6 Å². The summed E-state index contributed by atoms with van der Waals surface area (Å²) in [6.45, 7) is 4.32. The molecule has 34 heavy (non-hydrogen) atoms. The molecule has 1 atom stereocenters. The number of rotatable bonds is 9. The number of hydrogen-bond donors (Lipinski definition) is 2. The molecule has 180 valence electrons. The Morgan fingerprint density at radius 1 is 1.09 bits per heavy atom. The highest BCUT2D eigenvalue weighted by Gasteiger charge is 2.47. The second-order valence-electron chi connectivity index (χ2n) is 9.63. The molecule has 2 aromatic rings. The van der Waals surface area contributed by atoms with E-state index in [1.807, 2.05) is 24.3 Å². The largest absolute Gasteiger partial charge is 0.481 e. The SMILES string of the molecule is CCCC[C@H](CC(=O)N1CC(C)(C(=O)O)C1)NC(=O)OCC1c2ccccc2-c2ccccc21. The molecule has 7 nitrogen and oxygen atoms in total. The number of hydrogen-bond acceptors (Lipinski definition) is 4. The van der Waals surface area contributed by atoms with Crippen molar-refractivity contribution >= 4 is 18.0 Å². The number of ether oxygens (including phenoxy) is 1. The lowest BCUT2D eigenvalue weighted by molar-refractivity contribution is -0.164. The van der Waals surface area contributed by atoms with Crippen molar-refractivity contribution in [2.75, 3.05) is 19.7 Å². The van der Waals surface area contributed by atoms with E-state index < -0.39 is 17.5 Å². The van der Waals surface area contributed by atoms with Gasteiger partial charge in [0.1, 0.15) is 6.61 Å². The van der Waals surface area contributed by atoms with Gasteiger partial charge in [0, 0.05) is 31.5 Å². The van der Waals surface area contributed by atoms with Crippen LogP contribution in [0.4, 0.5) is 4.79 Å². The minimum absolute atomic E-state index is 0.0244. The number of amides is 2. The normalized spacial score (nSPS) is 16.7. The molecule has 0 radical (unpaired) electrons. The molecule has 4 rings (SSSR count). The molecule has 0 spiro atoms. The highest BCUT2D eigenvalue weighted by molar-refractivity contribution is 5.84. The van der Waals surface area contributed by atoms with Crippen molar-refractivity contribution in [3.05, 3.63) is 59.7 Å². The summed E-state index contributed by atoms with van der Waals surface area (Å²) in [5.74, 6) is -1.06. The number of likely N-dealkylation sites (tertiary alicyclic amines) is 1. The maximum atomic E-state index is 12.7. The molecule has 2 aromatic carbocycles. The van der Waals surface area contributed by atoms with Gasteiger partial charge in [0.25, 0.3) is 0 Å². The summed E-state index contributed by atoms with van der Waals surface area (Å²) < 4.78 is 5.64. The van der Waals surface area contributed by atoms with E-state index >= 15 is 0 Å². The zero-order valence-electron chi connectivity index (χ0n) is 19.8. The lowest BCUT2D eigenvalue weighted by atomic mass is 9.81. The van der Waals surface area contributed by atoms with Crippen LogP contribution < -0.4 is 5.32 Å². The third-order valence-corrected chi connectivity index (χ3v) is 6.94. The molecule has 7 heteroatoms. The van der Waals surface area contributed by atoms with Crippen molar-refractivity contribution in [2.24, 2.45) is 5.41 Å². The fourth-order valence-electron chi connectivity index (χ4n) is 4.93. The molecule has 2 aliphatic rings. The molecule has 1 fully saturated rings. The Balaban J connectivity index is 1.35. The Hall–Kier alpha value is -3.35. The smallest absolute Gasteiger partial charge is 0.407 e. The van der Waals surface area contributed by atoms with Crippen molar-refractivity contribution in [1.29, 1.82) is 0 Å². The van der Waals surface area contributed by atoms with Gasteiger partial charge in [-0.2, -0.15) is 0 Å². The fraction of sp³-hybridized carbons (Fsp3) is 0.444. The van der Waals surface area contributed by atoms with Crippen molar-refractivity contribution in [1.82, 2.24) is 10.2 Å². The van der Waals surface area contributed by atoms with E-state index in [0.29, 0.717) is 6.42 Å². The van der Waals surface area contributed by atoms with E-state index in [9.17, 15) is 19.5 Å². The number of nitrogens with zero attached hydrogens (tertiary/aromatic N) is 1. The second kappa shape index (κ2) is 9.87. The van der Waals surface area contributed by atoms with Gasteiger partial charge >= 0.3 is 12.1 Å². The Bertz CT molecular complexity index is 1030. The van der Waals surface area contributed by atoms with Crippen LogP contribution in [0.2, 0.25) is 0 Å². The number of carbonyl (C=O) groups excluding carboxylic acids is 2. The third kappa shape index (κ3) is 4.79. The summed E-state index contributed by atoms with van der Waals surface area (Å²) in [5.41, 5.74) is 3.75. The molecule has 2 N–H and O–H groups in total. The van der Waals surface area contributed by atoms with Crippen LogP contribution in [0.5, 0.6) is 0 Å². The minimum atomic E-state index is -0.893. The van der Waals surface area contributed by atoms with Crippen LogP contribution in [0.15, 0.2) is 48.5 Å². The van der Waals surface area contributed by atoms with Crippen LogP contribution in [-0.2, 0) is 14.3 Å². The van der Waals surface area contributed by atoms with E-state index in [0.717, 1.165) is 24.0 Å². The Kier molecular flexibility index (Phi) is 6.91. The van der Waals surface area contributed by atoms with Gasteiger partial charge in [-0.15, -0.1) is 0 Å². The van der Waals surface area contributed by atoms with Crippen molar-refractivity contribution < 1.29 is 24.2 Å². The number of fused-ring (bicyclic) bond motifs is 3. The van der Waals surface area contributed by atoms with Gasteiger partial charge in [-0.25, -0.2) is 4.79 Å². The monoisotopic (exact) mass is 464 g/mol. The molecule has 0 saturated carbocycles. The van der Waals surface area contributed by atoms with Gasteiger partial charge < -0.3 is 20.1 Å². The van der Waals surface area contributed by atoms with Crippen LogP contribution in [0.3, 0.4) is 0 Å². The van der Waals surface area contributed by atoms with E-state index in [2.05, 4.69) is 36.5 Å². The van der Waals surface area contributed by atoms with Crippen LogP contribution in [0.1, 0.15) is 56.6 Å². The molecule has 0 aromatic heterocycles. The summed E-state index contributed by atoms with van der Waals surface area (Å²) in [4.78, 5) is 38.2. The maximum absolute atomic E-state index is 12.7. The number of unbranched alkanes of at least 4 members (excludes halogenated alkanes) is 1. The van der Waals surface area contributed by atoms with Crippen LogP contribution >= 0.6 is 0 Å². The van der Waals surface area contributed by atoms with Gasteiger partial charge in [0.2, 0.25) is 5.91 Å². The molecule has 1 aliphatic carbocycles. The summed E-state index contributed by atoms with van der Waals surface area (Å²) in [6.07, 6.45) is 2.08. The second-order valence-corrected chi connectivity index (χ2v) is 9.63. The minimum Gasteiger partial charge on any atom is -0.481 e. The highest BCUT2D eigenvalue weighted by Crippen LogP contribution is 2.44.